The van der Waals surface area contributed by atoms with Gasteiger partial charge in [-0.15, -0.1) is 11.3 Å². The lowest BCUT2D eigenvalue weighted by atomic mass is 10.0. The summed E-state index contributed by atoms with van der Waals surface area (Å²) in [4.78, 5) is 28.2. The summed E-state index contributed by atoms with van der Waals surface area (Å²) in [6, 6.07) is 7.49. The van der Waals surface area contributed by atoms with Crippen LogP contribution in [0.5, 0.6) is 0 Å². The SMILES string of the molecule is CC(C)c1ccc(NC(=O)C(=O)NCc2csc(C(C)C)n2)cc1. The Morgan fingerprint density at radius 2 is 1.71 bits per heavy atom. The highest BCUT2D eigenvalue weighted by molar-refractivity contribution is 7.09. The van der Waals surface area contributed by atoms with Gasteiger partial charge in [-0.2, -0.15) is 0 Å². The van der Waals surface area contributed by atoms with Crippen LogP contribution >= 0.6 is 11.3 Å². The third-order valence-corrected chi connectivity index (χ3v) is 4.73. The van der Waals surface area contributed by atoms with Crippen LogP contribution in [0.4, 0.5) is 5.69 Å². The Kier molecular flexibility index (Phi) is 6.09. The molecule has 24 heavy (non-hydrogen) atoms. The molecule has 2 rings (SSSR count). The second-order valence-electron chi connectivity index (χ2n) is 6.25. The van der Waals surface area contributed by atoms with E-state index in [-0.39, 0.29) is 6.54 Å². The molecule has 6 heteroatoms. The van der Waals surface area contributed by atoms with E-state index in [0.29, 0.717) is 17.5 Å². The highest BCUT2D eigenvalue weighted by Crippen LogP contribution is 2.19. The quantitative estimate of drug-likeness (QED) is 0.813. The van der Waals surface area contributed by atoms with Crippen LogP contribution in [0.3, 0.4) is 0 Å². The topological polar surface area (TPSA) is 71.1 Å². The van der Waals surface area contributed by atoms with Gasteiger partial charge in [0.1, 0.15) is 0 Å². The lowest BCUT2D eigenvalue weighted by Crippen LogP contribution is -2.35. The van der Waals surface area contributed by atoms with E-state index >= 15 is 0 Å². The first-order chi connectivity index (χ1) is 11.4. The van der Waals surface area contributed by atoms with Crippen molar-refractivity contribution in [3.63, 3.8) is 0 Å². The molecule has 0 aliphatic heterocycles. The van der Waals surface area contributed by atoms with Crippen molar-refractivity contribution in [3.8, 4) is 0 Å². The highest BCUT2D eigenvalue weighted by Gasteiger charge is 2.14. The molecule has 0 unspecified atom stereocenters. The largest absolute Gasteiger partial charge is 0.342 e. The minimum Gasteiger partial charge on any atom is -0.342 e. The van der Waals surface area contributed by atoms with Crippen LogP contribution in [0.15, 0.2) is 29.6 Å². The number of amides is 2. The van der Waals surface area contributed by atoms with Crippen LogP contribution in [0.2, 0.25) is 0 Å². The summed E-state index contributed by atoms with van der Waals surface area (Å²) >= 11 is 1.56. The number of aromatic nitrogens is 1. The van der Waals surface area contributed by atoms with E-state index in [1.165, 1.54) is 5.56 Å². The minimum absolute atomic E-state index is 0.252. The molecule has 5 nitrogen and oxygen atoms in total. The zero-order chi connectivity index (χ0) is 17.7. The molecule has 1 aromatic carbocycles. The number of nitrogens with zero attached hydrogens (tertiary/aromatic N) is 1. The number of benzene rings is 1. The predicted molar refractivity (Wildman–Crippen MR) is 97.2 cm³/mol. The van der Waals surface area contributed by atoms with Gasteiger partial charge < -0.3 is 10.6 Å². The smallest absolute Gasteiger partial charge is 0.313 e. The van der Waals surface area contributed by atoms with E-state index in [2.05, 4.69) is 43.3 Å². The van der Waals surface area contributed by atoms with Crippen molar-refractivity contribution in [2.24, 2.45) is 0 Å². The molecule has 2 amide bonds. The maximum absolute atomic E-state index is 11.9. The number of carbonyl (C=O) groups is 2. The third kappa shape index (κ3) is 4.89. The lowest BCUT2D eigenvalue weighted by Gasteiger charge is -2.08. The van der Waals surface area contributed by atoms with Crippen molar-refractivity contribution in [2.75, 3.05) is 5.32 Å². The molecule has 2 aromatic rings. The van der Waals surface area contributed by atoms with Crippen LogP contribution in [-0.2, 0) is 16.1 Å². The molecule has 0 bridgehead atoms. The Labute approximate surface area is 146 Å². The number of rotatable bonds is 5. The summed E-state index contributed by atoms with van der Waals surface area (Å²) in [5.41, 5.74) is 2.56. The first-order valence-corrected chi connectivity index (χ1v) is 8.88. The predicted octanol–water partition coefficient (Wildman–Crippen LogP) is 3.64. The molecule has 0 aliphatic carbocycles. The highest BCUT2D eigenvalue weighted by atomic mass is 32.1. The van der Waals surface area contributed by atoms with Gasteiger partial charge in [0.25, 0.3) is 0 Å². The van der Waals surface area contributed by atoms with E-state index in [0.717, 1.165) is 10.7 Å². The van der Waals surface area contributed by atoms with Gasteiger partial charge in [0, 0.05) is 17.0 Å². The molecule has 0 atom stereocenters. The monoisotopic (exact) mass is 345 g/mol. The summed E-state index contributed by atoms with van der Waals surface area (Å²) in [6.07, 6.45) is 0. The van der Waals surface area contributed by atoms with Crippen LogP contribution in [0.25, 0.3) is 0 Å². The first-order valence-electron chi connectivity index (χ1n) is 8.00. The van der Waals surface area contributed by atoms with E-state index in [1.54, 1.807) is 23.5 Å². The van der Waals surface area contributed by atoms with Crippen molar-refractivity contribution < 1.29 is 9.59 Å². The number of carbonyl (C=O) groups excluding carboxylic acids is 2. The number of thiazole rings is 1. The molecule has 0 saturated heterocycles. The van der Waals surface area contributed by atoms with Gasteiger partial charge in [0.05, 0.1) is 17.2 Å². The van der Waals surface area contributed by atoms with E-state index in [1.807, 2.05) is 17.5 Å². The maximum atomic E-state index is 11.9. The van der Waals surface area contributed by atoms with Gasteiger partial charge >= 0.3 is 11.8 Å². The lowest BCUT2D eigenvalue weighted by molar-refractivity contribution is -0.136. The maximum Gasteiger partial charge on any atom is 0.313 e. The van der Waals surface area contributed by atoms with Crippen LogP contribution in [0, 0.1) is 0 Å². The summed E-state index contributed by atoms with van der Waals surface area (Å²) in [7, 11) is 0. The van der Waals surface area contributed by atoms with Crippen molar-refractivity contribution in [1.82, 2.24) is 10.3 Å². The van der Waals surface area contributed by atoms with E-state index < -0.39 is 11.8 Å². The van der Waals surface area contributed by atoms with Crippen molar-refractivity contribution in [1.29, 1.82) is 0 Å². The molecular formula is C18H23N3O2S. The zero-order valence-corrected chi connectivity index (χ0v) is 15.2. The van der Waals surface area contributed by atoms with Crippen molar-refractivity contribution in [3.05, 3.63) is 45.9 Å². The Hall–Kier alpha value is -2.21. The molecule has 1 aromatic heterocycles. The minimum atomic E-state index is -0.674. The summed E-state index contributed by atoms with van der Waals surface area (Å²) in [5.74, 6) is -0.558. The first kappa shape index (κ1) is 18.1. The molecule has 128 valence electrons. The average Bonchev–Trinajstić information content (AvgIpc) is 3.02. The second-order valence-corrected chi connectivity index (χ2v) is 7.13. The summed E-state index contributed by atoms with van der Waals surface area (Å²) in [5, 5.41) is 8.12. The Bertz CT molecular complexity index is 705. The average molecular weight is 345 g/mol. The van der Waals surface area contributed by atoms with E-state index in [4.69, 9.17) is 0 Å². The molecular weight excluding hydrogens is 322 g/mol. The van der Waals surface area contributed by atoms with Gasteiger partial charge in [-0.3, -0.25) is 9.59 Å². The van der Waals surface area contributed by atoms with Crippen molar-refractivity contribution in [2.45, 2.75) is 46.1 Å². The molecule has 0 aliphatic rings. The number of hydrogen-bond donors (Lipinski definition) is 2. The fraction of sp³-hybridized carbons (Fsp3) is 0.389. The van der Waals surface area contributed by atoms with Gasteiger partial charge in [-0.25, -0.2) is 4.98 Å². The number of hydrogen-bond acceptors (Lipinski definition) is 4. The van der Waals surface area contributed by atoms with Crippen LogP contribution in [0.1, 0.15) is 55.8 Å². The van der Waals surface area contributed by atoms with Crippen LogP contribution < -0.4 is 10.6 Å². The third-order valence-electron chi connectivity index (χ3n) is 3.53. The Morgan fingerprint density at radius 3 is 2.25 bits per heavy atom. The summed E-state index contributed by atoms with van der Waals surface area (Å²) < 4.78 is 0. The molecule has 0 spiro atoms. The van der Waals surface area contributed by atoms with Gasteiger partial charge in [0.2, 0.25) is 0 Å². The second kappa shape index (κ2) is 8.06. The zero-order valence-electron chi connectivity index (χ0n) is 14.4. The molecule has 0 saturated carbocycles. The van der Waals surface area contributed by atoms with E-state index in [9.17, 15) is 9.59 Å². The van der Waals surface area contributed by atoms with Gasteiger partial charge in [-0.1, -0.05) is 39.8 Å². The Morgan fingerprint density at radius 1 is 1.04 bits per heavy atom. The standard InChI is InChI=1S/C18H23N3O2S/c1-11(2)13-5-7-14(8-6-13)20-17(23)16(22)19-9-15-10-24-18(21-15)12(3)4/h5-8,10-12H,9H2,1-4H3,(H,19,22)(H,20,23). The molecule has 1 heterocycles. The number of nitrogens with one attached hydrogen (secondary N) is 2. The van der Waals surface area contributed by atoms with Gasteiger partial charge in [-0.05, 0) is 23.6 Å². The van der Waals surface area contributed by atoms with Crippen molar-refractivity contribution >= 4 is 28.8 Å². The Balaban J connectivity index is 1.86. The fourth-order valence-corrected chi connectivity index (χ4v) is 2.89. The summed E-state index contributed by atoms with van der Waals surface area (Å²) in [6.45, 7) is 8.59. The number of anilines is 1. The molecule has 0 fully saturated rings. The van der Waals surface area contributed by atoms with Gasteiger partial charge in [0.15, 0.2) is 0 Å². The fourth-order valence-electron chi connectivity index (χ4n) is 2.06. The molecule has 0 radical (unpaired) electrons. The van der Waals surface area contributed by atoms with Crippen LogP contribution in [-0.4, -0.2) is 16.8 Å². The molecule has 2 N–H and O–H groups in total. The normalized spacial score (nSPS) is 10.9.